The lowest BCUT2D eigenvalue weighted by Crippen LogP contribution is -2.23. The molecular formula is C23H17N3O6. The van der Waals surface area contributed by atoms with Gasteiger partial charge in [-0.2, -0.15) is 5.26 Å². The molecular weight excluding hydrogens is 414 g/mol. The average Bonchev–Trinajstić information content (AvgIpc) is 3.30. The van der Waals surface area contributed by atoms with Crippen LogP contribution in [-0.4, -0.2) is 16.8 Å². The molecule has 0 aliphatic heterocycles. The zero-order valence-corrected chi connectivity index (χ0v) is 16.9. The zero-order valence-electron chi connectivity index (χ0n) is 16.9. The van der Waals surface area contributed by atoms with Gasteiger partial charge in [-0.15, -0.1) is 0 Å². The number of hydrogen-bond acceptors (Lipinski definition) is 7. The van der Waals surface area contributed by atoms with E-state index < -0.39 is 16.8 Å². The van der Waals surface area contributed by atoms with Crippen molar-refractivity contribution < 1.29 is 23.7 Å². The SMILES string of the molecule is Cc1cc(C(=O)Oc2ccc(/C=C(\C#N)C(=O)NCc3ccco3)cc2)ccc1[N+](=O)[O-]. The highest BCUT2D eigenvalue weighted by Gasteiger charge is 2.15. The van der Waals surface area contributed by atoms with Crippen LogP contribution < -0.4 is 10.1 Å². The lowest BCUT2D eigenvalue weighted by atomic mass is 10.1. The molecule has 9 nitrogen and oxygen atoms in total. The zero-order chi connectivity index (χ0) is 23.1. The number of aryl methyl sites for hydroxylation is 1. The van der Waals surface area contributed by atoms with Crippen LogP contribution >= 0.6 is 0 Å². The maximum atomic E-state index is 12.3. The van der Waals surface area contributed by atoms with Gasteiger partial charge in [-0.25, -0.2) is 4.79 Å². The van der Waals surface area contributed by atoms with Gasteiger partial charge in [0.2, 0.25) is 0 Å². The highest BCUT2D eigenvalue weighted by molar-refractivity contribution is 6.01. The Hall–Kier alpha value is -4.71. The van der Waals surface area contributed by atoms with Gasteiger partial charge in [-0.05, 0) is 55.0 Å². The van der Waals surface area contributed by atoms with Gasteiger partial charge in [-0.3, -0.25) is 14.9 Å². The number of amides is 1. The molecule has 3 aromatic rings. The summed E-state index contributed by atoms with van der Waals surface area (Å²) in [6.45, 7) is 1.69. The molecule has 3 rings (SSSR count). The number of rotatable bonds is 7. The van der Waals surface area contributed by atoms with Crippen molar-refractivity contribution in [3.8, 4) is 11.8 Å². The lowest BCUT2D eigenvalue weighted by molar-refractivity contribution is -0.385. The maximum absolute atomic E-state index is 12.3. The third-order valence-electron chi connectivity index (χ3n) is 4.40. The van der Waals surface area contributed by atoms with Crippen LogP contribution in [0, 0.1) is 28.4 Å². The molecule has 0 radical (unpaired) electrons. The number of furan rings is 1. The second-order valence-corrected chi connectivity index (χ2v) is 6.65. The number of ether oxygens (including phenoxy) is 1. The summed E-state index contributed by atoms with van der Waals surface area (Å²) in [5, 5.41) is 22.8. The topological polar surface area (TPSA) is 135 Å². The van der Waals surface area contributed by atoms with Gasteiger partial charge in [0, 0.05) is 11.6 Å². The van der Waals surface area contributed by atoms with Crippen molar-refractivity contribution in [2.45, 2.75) is 13.5 Å². The minimum atomic E-state index is -0.665. The summed E-state index contributed by atoms with van der Waals surface area (Å²) in [4.78, 5) is 34.9. The summed E-state index contributed by atoms with van der Waals surface area (Å²) in [6.07, 6.45) is 2.89. The summed E-state index contributed by atoms with van der Waals surface area (Å²) in [5.41, 5.74) is 0.902. The Bertz CT molecular complexity index is 1220. The minimum Gasteiger partial charge on any atom is -0.467 e. The Morgan fingerprint density at radius 2 is 1.97 bits per heavy atom. The molecule has 1 heterocycles. The Labute approximate surface area is 182 Å². The molecule has 0 saturated heterocycles. The van der Waals surface area contributed by atoms with Crippen molar-refractivity contribution in [3.05, 3.63) is 99.0 Å². The van der Waals surface area contributed by atoms with Gasteiger partial charge >= 0.3 is 5.97 Å². The van der Waals surface area contributed by atoms with Crippen molar-refractivity contribution in [1.29, 1.82) is 5.26 Å². The molecule has 0 saturated carbocycles. The van der Waals surface area contributed by atoms with Crippen LogP contribution in [0.15, 0.2) is 70.9 Å². The molecule has 0 aliphatic rings. The summed E-state index contributed by atoms with van der Waals surface area (Å²) >= 11 is 0. The highest BCUT2D eigenvalue weighted by atomic mass is 16.6. The van der Waals surface area contributed by atoms with E-state index in [-0.39, 0.29) is 29.1 Å². The molecule has 0 aliphatic carbocycles. The number of benzene rings is 2. The number of nitro groups is 1. The molecule has 1 aromatic heterocycles. The molecule has 32 heavy (non-hydrogen) atoms. The largest absolute Gasteiger partial charge is 0.467 e. The Morgan fingerprint density at radius 3 is 2.56 bits per heavy atom. The smallest absolute Gasteiger partial charge is 0.343 e. The van der Waals surface area contributed by atoms with Crippen molar-refractivity contribution in [3.63, 3.8) is 0 Å². The first-order valence-electron chi connectivity index (χ1n) is 9.37. The number of esters is 1. The average molecular weight is 431 g/mol. The molecule has 9 heteroatoms. The Balaban J connectivity index is 1.65. The van der Waals surface area contributed by atoms with Crippen LogP contribution in [0.5, 0.6) is 5.75 Å². The molecule has 2 aromatic carbocycles. The Morgan fingerprint density at radius 1 is 1.22 bits per heavy atom. The molecule has 1 N–H and O–H groups in total. The molecule has 1 amide bonds. The van der Waals surface area contributed by atoms with Crippen LogP contribution in [0.3, 0.4) is 0 Å². The van der Waals surface area contributed by atoms with E-state index in [0.29, 0.717) is 16.9 Å². The van der Waals surface area contributed by atoms with Crippen LogP contribution in [0.1, 0.15) is 27.2 Å². The number of nitrogens with one attached hydrogen (secondary N) is 1. The van der Waals surface area contributed by atoms with Crippen molar-refractivity contribution in [2.24, 2.45) is 0 Å². The third-order valence-corrected chi connectivity index (χ3v) is 4.40. The van der Waals surface area contributed by atoms with Gasteiger partial charge in [0.05, 0.1) is 23.3 Å². The quantitative estimate of drug-likeness (QED) is 0.149. The summed E-state index contributed by atoms with van der Waals surface area (Å²) < 4.78 is 10.4. The van der Waals surface area contributed by atoms with E-state index in [4.69, 9.17) is 9.15 Å². The molecule has 0 atom stereocenters. The van der Waals surface area contributed by atoms with Crippen molar-refractivity contribution in [2.75, 3.05) is 0 Å². The number of carbonyl (C=O) groups is 2. The molecule has 0 bridgehead atoms. The number of hydrogen-bond donors (Lipinski definition) is 1. The Kier molecular flexibility index (Phi) is 6.78. The van der Waals surface area contributed by atoms with E-state index in [1.54, 1.807) is 24.3 Å². The first-order valence-corrected chi connectivity index (χ1v) is 9.37. The molecule has 0 spiro atoms. The summed E-state index contributed by atoms with van der Waals surface area (Å²) in [5.74, 6) is -0.414. The van der Waals surface area contributed by atoms with Crippen LogP contribution in [0.25, 0.3) is 6.08 Å². The number of nitrogens with zero attached hydrogens (tertiary/aromatic N) is 2. The third kappa shape index (κ3) is 5.46. The van der Waals surface area contributed by atoms with E-state index in [2.05, 4.69) is 5.32 Å². The van der Waals surface area contributed by atoms with Crippen LogP contribution in [0.4, 0.5) is 5.69 Å². The van der Waals surface area contributed by atoms with Crippen molar-refractivity contribution in [1.82, 2.24) is 5.32 Å². The fourth-order valence-electron chi connectivity index (χ4n) is 2.78. The number of nitro benzene ring substituents is 1. The fraction of sp³-hybridized carbons (Fsp3) is 0.0870. The highest BCUT2D eigenvalue weighted by Crippen LogP contribution is 2.21. The number of nitriles is 1. The van der Waals surface area contributed by atoms with Gasteiger partial charge < -0.3 is 14.5 Å². The lowest BCUT2D eigenvalue weighted by Gasteiger charge is -2.06. The van der Waals surface area contributed by atoms with Crippen LogP contribution in [0.2, 0.25) is 0 Å². The van der Waals surface area contributed by atoms with Gasteiger partial charge in [0.1, 0.15) is 23.2 Å². The fourth-order valence-corrected chi connectivity index (χ4v) is 2.78. The van der Waals surface area contributed by atoms with E-state index >= 15 is 0 Å². The summed E-state index contributed by atoms with van der Waals surface area (Å²) in [7, 11) is 0. The standard InChI is InChI=1S/C23H17N3O6/c1-15-11-17(6-9-21(15)26(29)30)23(28)32-19-7-4-16(5-8-19)12-18(13-24)22(27)25-14-20-3-2-10-31-20/h2-12H,14H2,1H3,(H,25,27)/b18-12+. The normalized spacial score (nSPS) is 10.8. The molecule has 0 fully saturated rings. The van der Waals surface area contributed by atoms with Gasteiger partial charge in [-0.1, -0.05) is 12.1 Å². The van der Waals surface area contributed by atoms with E-state index in [0.717, 1.165) is 0 Å². The van der Waals surface area contributed by atoms with Crippen molar-refractivity contribution >= 4 is 23.6 Å². The second kappa shape index (κ2) is 9.86. The van der Waals surface area contributed by atoms with E-state index in [9.17, 15) is 25.0 Å². The predicted octanol–water partition coefficient (Wildman–Crippen LogP) is 3.94. The molecule has 160 valence electrons. The monoisotopic (exact) mass is 431 g/mol. The van der Waals surface area contributed by atoms with Gasteiger partial charge in [0.25, 0.3) is 11.6 Å². The minimum absolute atomic E-state index is 0.0841. The van der Waals surface area contributed by atoms with E-state index in [1.165, 1.54) is 49.6 Å². The number of carbonyl (C=O) groups excluding carboxylic acids is 2. The molecule has 0 unspecified atom stereocenters. The van der Waals surface area contributed by atoms with Crippen LogP contribution in [-0.2, 0) is 11.3 Å². The van der Waals surface area contributed by atoms with E-state index in [1.807, 2.05) is 6.07 Å². The summed E-state index contributed by atoms with van der Waals surface area (Å²) in [6, 6.07) is 15.4. The first-order chi connectivity index (χ1) is 15.4. The predicted molar refractivity (Wildman–Crippen MR) is 113 cm³/mol. The van der Waals surface area contributed by atoms with Gasteiger partial charge in [0.15, 0.2) is 0 Å². The maximum Gasteiger partial charge on any atom is 0.343 e. The first kappa shape index (κ1) is 22.0. The second-order valence-electron chi connectivity index (χ2n) is 6.65.